The SMILES string of the molecule is CCCNc1ccc(-c2cnccc2CO)cc1C(=O)NCc1ccc(OC)c(F)c1. The molecule has 0 aliphatic carbocycles. The second kappa shape index (κ2) is 10.5. The molecular formula is C24H26FN3O3. The second-order valence-corrected chi connectivity index (χ2v) is 7.03. The molecule has 3 rings (SSSR count). The lowest BCUT2D eigenvalue weighted by Crippen LogP contribution is -2.24. The van der Waals surface area contributed by atoms with Crippen LogP contribution in [0, 0.1) is 5.82 Å². The van der Waals surface area contributed by atoms with Gasteiger partial charge in [-0.25, -0.2) is 4.39 Å². The number of aromatic nitrogens is 1. The van der Waals surface area contributed by atoms with Crippen molar-refractivity contribution in [3.63, 3.8) is 0 Å². The highest BCUT2D eigenvalue weighted by atomic mass is 19.1. The number of nitrogens with zero attached hydrogens (tertiary/aromatic N) is 1. The first-order valence-electron chi connectivity index (χ1n) is 10.1. The molecule has 0 aliphatic heterocycles. The van der Waals surface area contributed by atoms with Gasteiger partial charge < -0.3 is 20.5 Å². The summed E-state index contributed by atoms with van der Waals surface area (Å²) in [5.41, 5.74) is 4.06. The second-order valence-electron chi connectivity index (χ2n) is 7.03. The Hall–Kier alpha value is -3.45. The number of methoxy groups -OCH3 is 1. The molecule has 31 heavy (non-hydrogen) atoms. The Morgan fingerprint density at radius 3 is 2.74 bits per heavy atom. The number of halogens is 1. The van der Waals surface area contributed by atoms with E-state index in [1.54, 1.807) is 30.6 Å². The van der Waals surface area contributed by atoms with Crippen LogP contribution < -0.4 is 15.4 Å². The minimum atomic E-state index is -0.477. The summed E-state index contributed by atoms with van der Waals surface area (Å²) in [4.78, 5) is 17.2. The number of pyridine rings is 1. The minimum Gasteiger partial charge on any atom is -0.494 e. The predicted octanol–water partition coefficient (Wildman–Crippen LogP) is 4.14. The standard InChI is InChI=1S/C24H26FN3O3/c1-3-9-27-22-6-5-17(20-14-26-10-8-18(20)15-29)12-19(22)24(30)28-13-16-4-7-23(31-2)21(25)11-16/h4-8,10-12,14,27,29H,3,9,13,15H2,1-2H3,(H,28,30). The van der Waals surface area contributed by atoms with E-state index in [2.05, 4.69) is 15.6 Å². The summed E-state index contributed by atoms with van der Waals surface area (Å²) in [6.45, 7) is 2.81. The molecule has 1 amide bonds. The van der Waals surface area contributed by atoms with Crippen molar-refractivity contribution in [1.82, 2.24) is 10.3 Å². The molecule has 6 nitrogen and oxygen atoms in total. The molecule has 0 bridgehead atoms. The third-order valence-corrected chi connectivity index (χ3v) is 4.89. The van der Waals surface area contributed by atoms with Crippen molar-refractivity contribution in [2.75, 3.05) is 19.0 Å². The Bertz CT molecular complexity index is 1060. The summed E-state index contributed by atoms with van der Waals surface area (Å²) < 4.78 is 18.9. The molecule has 162 valence electrons. The molecule has 0 aliphatic rings. The first-order chi connectivity index (χ1) is 15.1. The van der Waals surface area contributed by atoms with Crippen LogP contribution in [0.15, 0.2) is 54.9 Å². The molecule has 0 unspecified atom stereocenters. The van der Waals surface area contributed by atoms with Gasteiger partial charge in [0.05, 0.1) is 19.3 Å². The average molecular weight is 423 g/mol. The van der Waals surface area contributed by atoms with E-state index in [-0.39, 0.29) is 24.8 Å². The number of aliphatic hydroxyl groups is 1. The van der Waals surface area contributed by atoms with E-state index in [0.717, 1.165) is 29.7 Å². The first-order valence-corrected chi connectivity index (χ1v) is 10.1. The maximum absolute atomic E-state index is 13.9. The number of benzene rings is 2. The lowest BCUT2D eigenvalue weighted by molar-refractivity contribution is 0.0951. The van der Waals surface area contributed by atoms with Crippen molar-refractivity contribution in [3.8, 4) is 16.9 Å². The number of aliphatic hydroxyl groups excluding tert-OH is 1. The van der Waals surface area contributed by atoms with Crippen molar-refractivity contribution in [2.45, 2.75) is 26.5 Å². The van der Waals surface area contributed by atoms with Gasteiger partial charge in [-0.05, 0) is 53.4 Å². The zero-order chi connectivity index (χ0) is 22.2. The highest BCUT2D eigenvalue weighted by Crippen LogP contribution is 2.28. The average Bonchev–Trinajstić information content (AvgIpc) is 2.81. The van der Waals surface area contributed by atoms with Crippen LogP contribution in [-0.4, -0.2) is 29.7 Å². The Balaban J connectivity index is 1.87. The van der Waals surface area contributed by atoms with Crippen molar-refractivity contribution < 1.29 is 19.0 Å². The Morgan fingerprint density at radius 1 is 1.19 bits per heavy atom. The van der Waals surface area contributed by atoms with Crippen LogP contribution in [0.5, 0.6) is 5.75 Å². The maximum atomic E-state index is 13.9. The van der Waals surface area contributed by atoms with Gasteiger partial charge in [0.2, 0.25) is 0 Å². The van der Waals surface area contributed by atoms with Gasteiger partial charge in [-0.1, -0.05) is 19.1 Å². The van der Waals surface area contributed by atoms with Gasteiger partial charge in [-0.2, -0.15) is 0 Å². The molecule has 0 spiro atoms. The van der Waals surface area contributed by atoms with Crippen LogP contribution in [0.4, 0.5) is 10.1 Å². The molecule has 0 saturated carbocycles. The quantitative estimate of drug-likeness (QED) is 0.482. The van der Waals surface area contributed by atoms with Gasteiger partial charge in [0, 0.05) is 36.7 Å². The fraction of sp³-hybridized carbons (Fsp3) is 0.250. The van der Waals surface area contributed by atoms with Gasteiger partial charge >= 0.3 is 0 Å². The number of ether oxygens (including phenoxy) is 1. The zero-order valence-corrected chi connectivity index (χ0v) is 17.6. The van der Waals surface area contributed by atoms with Crippen LogP contribution in [0.25, 0.3) is 11.1 Å². The van der Waals surface area contributed by atoms with Gasteiger partial charge in [-0.3, -0.25) is 9.78 Å². The number of anilines is 1. The highest BCUT2D eigenvalue weighted by Gasteiger charge is 2.15. The van der Waals surface area contributed by atoms with Crippen LogP contribution in [-0.2, 0) is 13.2 Å². The lowest BCUT2D eigenvalue weighted by atomic mass is 9.99. The Morgan fingerprint density at radius 2 is 2.03 bits per heavy atom. The largest absolute Gasteiger partial charge is 0.494 e. The molecule has 1 aromatic heterocycles. The van der Waals surface area contributed by atoms with Crippen molar-refractivity contribution in [3.05, 3.63) is 77.4 Å². The molecule has 7 heteroatoms. The number of carbonyl (C=O) groups is 1. The van der Waals surface area contributed by atoms with E-state index < -0.39 is 5.82 Å². The van der Waals surface area contributed by atoms with Gasteiger partial charge in [0.1, 0.15) is 0 Å². The van der Waals surface area contributed by atoms with E-state index >= 15 is 0 Å². The summed E-state index contributed by atoms with van der Waals surface area (Å²) in [5, 5.41) is 15.8. The van der Waals surface area contributed by atoms with E-state index in [1.165, 1.54) is 19.2 Å². The molecule has 3 aromatic rings. The van der Waals surface area contributed by atoms with Gasteiger partial charge in [0.25, 0.3) is 5.91 Å². The summed E-state index contributed by atoms with van der Waals surface area (Å²) in [7, 11) is 1.40. The highest BCUT2D eigenvalue weighted by molar-refractivity contribution is 6.01. The molecular weight excluding hydrogens is 397 g/mol. The first kappa shape index (κ1) is 22.2. The fourth-order valence-electron chi connectivity index (χ4n) is 3.23. The fourth-order valence-corrected chi connectivity index (χ4v) is 3.23. The van der Waals surface area contributed by atoms with E-state index in [1.807, 2.05) is 19.1 Å². The Labute approximate surface area is 181 Å². The molecule has 1 heterocycles. The topological polar surface area (TPSA) is 83.5 Å². The summed E-state index contributed by atoms with van der Waals surface area (Å²) in [6, 6.07) is 11.8. The van der Waals surface area contributed by atoms with Gasteiger partial charge in [-0.15, -0.1) is 0 Å². The number of rotatable bonds is 9. The maximum Gasteiger partial charge on any atom is 0.253 e. The van der Waals surface area contributed by atoms with E-state index in [0.29, 0.717) is 16.8 Å². The molecule has 0 fully saturated rings. The van der Waals surface area contributed by atoms with Crippen molar-refractivity contribution >= 4 is 11.6 Å². The normalized spacial score (nSPS) is 10.6. The lowest BCUT2D eigenvalue weighted by Gasteiger charge is -2.15. The number of nitrogens with one attached hydrogen (secondary N) is 2. The zero-order valence-electron chi connectivity index (χ0n) is 17.6. The van der Waals surface area contributed by atoms with Crippen LogP contribution >= 0.6 is 0 Å². The van der Waals surface area contributed by atoms with Gasteiger partial charge in [0.15, 0.2) is 11.6 Å². The van der Waals surface area contributed by atoms with Crippen LogP contribution in [0.3, 0.4) is 0 Å². The van der Waals surface area contributed by atoms with Crippen molar-refractivity contribution in [2.24, 2.45) is 0 Å². The molecule has 3 N–H and O–H groups in total. The number of hydrogen-bond acceptors (Lipinski definition) is 5. The molecule has 2 aromatic carbocycles. The summed E-state index contributed by atoms with van der Waals surface area (Å²) in [5.74, 6) is -0.606. The van der Waals surface area contributed by atoms with E-state index in [9.17, 15) is 14.3 Å². The third kappa shape index (κ3) is 5.38. The third-order valence-electron chi connectivity index (χ3n) is 4.89. The smallest absolute Gasteiger partial charge is 0.253 e. The summed E-state index contributed by atoms with van der Waals surface area (Å²) >= 11 is 0. The molecule has 0 atom stereocenters. The molecule has 0 radical (unpaired) electrons. The van der Waals surface area contributed by atoms with Crippen LogP contribution in [0.2, 0.25) is 0 Å². The number of carbonyl (C=O) groups excluding carboxylic acids is 1. The summed E-state index contributed by atoms with van der Waals surface area (Å²) in [6.07, 6.45) is 4.20. The monoisotopic (exact) mass is 423 g/mol. The van der Waals surface area contributed by atoms with Crippen LogP contribution in [0.1, 0.15) is 34.8 Å². The number of amides is 1. The molecule has 0 saturated heterocycles. The number of hydrogen-bond donors (Lipinski definition) is 3. The Kier molecular flexibility index (Phi) is 7.56. The predicted molar refractivity (Wildman–Crippen MR) is 118 cm³/mol. The minimum absolute atomic E-state index is 0.127. The van der Waals surface area contributed by atoms with Crippen molar-refractivity contribution in [1.29, 1.82) is 0 Å². The van der Waals surface area contributed by atoms with E-state index in [4.69, 9.17) is 4.74 Å².